The van der Waals surface area contributed by atoms with Crippen LogP contribution >= 0.6 is 0 Å². The van der Waals surface area contributed by atoms with Crippen LogP contribution in [0.15, 0.2) is 53.4 Å². The Labute approximate surface area is 147 Å². The van der Waals surface area contributed by atoms with Crippen LogP contribution in [-0.4, -0.2) is 27.5 Å². The first-order valence-electron chi connectivity index (χ1n) is 8.01. The summed E-state index contributed by atoms with van der Waals surface area (Å²) < 4.78 is 32.2. The van der Waals surface area contributed by atoms with Crippen LogP contribution < -0.4 is 14.8 Å². The van der Waals surface area contributed by atoms with Crippen LogP contribution in [0.2, 0.25) is 0 Å². The number of hydrogen-bond acceptors (Lipinski definition) is 4. The van der Waals surface area contributed by atoms with Crippen molar-refractivity contribution in [2.45, 2.75) is 30.2 Å². The molecule has 1 aliphatic rings. The third kappa shape index (κ3) is 4.80. The molecule has 1 saturated carbocycles. The van der Waals surface area contributed by atoms with Crippen LogP contribution in [0.1, 0.15) is 18.4 Å². The third-order valence-corrected chi connectivity index (χ3v) is 5.37. The van der Waals surface area contributed by atoms with Crippen LogP contribution in [0, 0.1) is 0 Å². The fraction of sp³-hybridized carbons (Fsp3) is 0.278. The van der Waals surface area contributed by atoms with Crippen molar-refractivity contribution in [2.75, 3.05) is 12.4 Å². The Bertz CT molecular complexity index is 859. The lowest BCUT2D eigenvalue weighted by molar-refractivity contribution is -0.115. The molecular weight excluding hydrogens is 340 g/mol. The fourth-order valence-corrected chi connectivity index (χ4v) is 3.71. The maximum atomic E-state index is 12.2. The summed E-state index contributed by atoms with van der Waals surface area (Å²) in [4.78, 5) is 12.3. The van der Waals surface area contributed by atoms with Gasteiger partial charge in [0.15, 0.2) is 0 Å². The minimum absolute atomic E-state index is 0.0401. The Hall–Kier alpha value is -2.38. The average molecular weight is 360 g/mol. The molecule has 1 aliphatic carbocycles. The summed E-state index contributed by atoms with van der Waals surface area (Å²) in [7, 11) is -1.95. The van der Waals surface area contributed by atoms with Gasteiger partial charge in [0.2, 0.25) is 15.9 Å². The molecule has 7 heteroatoms. The lowest BCUT2D eigenvalue weighted by Crippen LogP contribution is -2.25. The predicted octanol–water partition coefficient (Wildman–Crippen LogP) is 2.32. The molecule has 2 N–H and O–H groups in total. The summed E-state index contributed by atoms with van der Waals surface area (Å²) in [5.74, 6) is 0.514. The second-order valence-corrected chi connectivity index (χ2v) is 7.71. The van der Waals surface area contributed by atoms with E-state index in [1.807, 2.05) is 12.1 Å². The highest BCUT2D eigenvalue weighted by Crippen LogP contribution is 2.23. The van der Waals surface area contributed by atoms with Crippen molar-refractivity contribution < 1.29 is 17.9 Å². The number of anilines is 1. The Balaban J connectivity index is 1.65. The van der Waals surface area contributed by atoms with E-state index in [1.54, 1.807) is 31.4 Å². The van der Waals surface area contributed by atoms with Gasteiger partial charge in [0.05, 0.1) is 18.4 Å². The third-order valence-electron chi connectivity index (χ3n) is 3.85. The average Bonchev–Trinajstić information content (AvgIpc) is 3.39. The number of sulfonamides is 1. The van der Waals surface area contributed by atoms with E-state index in [0.29, 0.717) is 5.69 Å². The van der Waals surface area contributed by atoms with E-state index >= 15 is 0 Å². The van der Waals surface area contributed by atoms with Gasteiger partial charge in [0.25, 0.3) is 0 Å². The van der Waals surface area contributed by atoms with Crippen molar-refractivity contribution in [1.29, 1.82) is 0 Å². The Morgan fingerprint density at radius 1 is 1.16 bits per heavy atom. The largest absolute Gasteiger partial charge is 0.497 e. The summed E-state index contributed by atoms with van der Waals surface area (Å²) in [5, 5.41) is 2.74. The second kappa shape index (κ2) is 7.25. The molecule has 132 valence electrons. The van der Waals surface area contributed by atoms with Gasteiger partial charge in [0, 0.05) is 11.7 Å². The zero-order chi connectivity index (χ0) is 17.9. The molecule has 0 radical (unpaired) electrons. The molecule has 0 heterocycles. The summed E-state index contributed by atoms with van der Waals surface area (Å²) >= 11 is 0. The monoisotopic (exact) mass is 360 g/mol. The van der Waals surface area contributed by atoms with Gasteiger partial charge in [-0.3, -0.25) is 4.79 Å². The first-order chi connectivity index (χ1) is 12.0. The molecule has 2 aromatic carbocycles. The maximum absolute atomic E-state index is 12.2. The maximum Gasteiger partial charge on any atom is 0.240 e. The smallest absolute Gasteiger partial charge is 0.240 e. The van der Waals surface area contributed by atoms with Crippen molar-refractivity contribution in [3.05, 3.63) is 54.1 Å². The normalized spacial score (nSPS) is 14.1. The Morgan fingerprint density at radius 2 is 1.88 bits per heavy atom. The van der Waals surface area contributed by atoms with Crippen LogP contribution in [-0.2, 0) is 21.2 Å². The quantitative estimate of drug-likeness (QED) is 0.794. The van der Waals surface area contributed by atoms with Crippen molar-refractivity contribution in [1.82, 2.24) is 4.72 Å². The molecule has 0 aliphatic heterocycles. The summed E-state index contributed by atoms with van der Waals surface area (Å²) in [5.41, 5.74) is 1.30. The van der Waals surface area contributed by atoms with Crippen LogP contribution in [0.3, 0.4) is 0 Å². The molecule has 0 bridgehead atoms. The summed E-state index contributed by atoms with van der Waals surface area (Å²) in [6, 6.07) is 13.5. The molecule has 1 amide bonds. The molecule has 0 atom stereocenters. The number of methoxy groups -OCH3 is 1. The lowest BCUT2D eigenvalue weighted by atomic mass is 10.1. The molecular formula is C18H20N2O4S. The second-order valence-electron chi connectivity index (χ2n) is 6.00. The van der Waals surface area contributed by atoms with E-state index < -0.39 is 10.0 Å². The first kappa shape index (κ1) is 17.4. The zero-order valence-electron chi connectivity index (χ0n) is 13.9. The zero-order valence-corrected chi connectivity index (χ0v) is 14.7. The van der Waals surface area contributed by atoms with E-state index in [2.05, 4.69) is 10.0 Å². The van der Waals surface area contributed by atoms with Crippen molar-refractivity contribution in [2.24, 2.45) is 0 Å². The summed E-state index contributed by atoms with van der Waals surface area (Å²) in [6.07, 6.45) is 1.94. The van der Waals surface area contributed by atoms with Crippen molar-refractivity contribution >= 4 is 21.6 Å². The number of rotatable bonds is 7. The SMILES string of the molecule is COc1ccc(CC(=O)Nc2cccc(S(=O)(=O)NC3CC3)c2)cc1. The van der Waals surface area contributed by atoms with Gasteiger partial charge in [-0.05, 0) is 48.7 Å². The number of nitrogens with one attached hydrogen (secondary N) is 2. The Kier molecular flexibility index (Phi) is 5.06. The van der Waals surface area contributed by atoms with Gasteiger partial charge in [-0.2, -0.15) is 0 Å². The standard InChI is InChI=1S/C18H20N2O4S/c1-24-16-9-5-13(6-10-16)11-18(21)19-15-3-2-4-17(12-15)25(22,23)20-14-7-8-14/h2-6,9-10,12,14,20H,7-8,11H2,1H3,(H,19,21). The number of amides is 1. The highest BCUT2D eigenvalue weighted by molar-refractivity contribution is 7.89. The molecule has 0 aromatic heterocycles. The van der Waals surface area contributed by atoms with Gasteiger partial charge in [0.1, 0.15) is 5.75 Å². The van der Waals surface area contributed by atoms with E-state index in [4.69, 9.17) is 4.74 Å². The fourth-order valence-electron chi connectivity index (χ4n) is 2.36. The van der Waals surface area contributed by atoms with E-state index in [9.17, 15) is 13.2 Å². The van der Waals surface area contributed by atoms with Crippen molar-refractivity contribution in [3.63, 3.8) is 0 Å². The van der Waals surface area contributed by atoms with Crippen molar-refractivity contribution in [3.8, 4) is 5.75 Å². The number of carbonyl (C=O) groups is 1. The predicted molar refractivity (Wildman–Crippen MR) is 95.1 cm³/mol. The number of carbonyl (C=O) groups excluding carboxylic acids is 1. The van der Waals surface area contributed by atoms with Gasteiger partial charge < -0.3 is 10.1 Å². The molecule has 3 rings (SSSR count). The van der Waals surface area contributed by atoms with Crippen LogP contribution in [0.4, 0.5) is 5.69 Å². The van der Waals surface area contributed by atoms with E-state index in [1.165, 1.54) is 12.1 Å². The number of benzene rings is 2. The number of ether oxygens (including phenoxy) is 1. The highest BCUT2D eigenvalue weighted by Gasteiger charge is 2.28. The van der Waals surface area contributed by atoms with Gasteiger partial charge >= 0.3 is 0 Å². The van der Waals surface area contributed by atoms with E-state index in [-0.39, 0.29) is 23.3 Å². The van der Waals surface area contributed by atoms with Gasteiger partial charge in [-0.1, -0.05) is 18.2 Å². The van der Waals surface area contributed by atoms with Gasteiger partial charge in [-0.25, -0.2) is 13.1 Å². The van der Waals surface area contributed by atoms with Crippen LogP contribution in [0.5, 0.6) is 5.75 Å². The van der Waals surface area contributed by atoms with E-state index in [0.717, 1.165) is 24.2 Å². The molecule has 0 unspecified atom stereocenters. The van der Waals surface area contributed by atoms with Gasteiger partial charge in [-0.15, -0.1) is 0 Å². The first-order valence-corrected chi connectivity index (χ1v) is 9.50. The molecule has 0 spiro atoms. The molecule has 6 nitrogen and oxygen atoms in total. The lowest BCUT2D eigenvalue weighted by Gasteiger charge is -2.09. The van der Waals surface area contributed by atoms with Crippen LogP contribution in [0.25, 0.3) is 0 Å². The minimum atomic E-state index is -3.54. The highest BCUT2D eigenvalue weighted by atomic mass is 32.2. The molecule has 25 heavy (non-hydrogen) atoms. The summed E-state index contributed by atoms with van der Waals surface area (Å²) in [6.45, 7) is 0. The minimum Gasteiger partial charge on any atom is -0.497 e. The molecule has 0 saturated heterocycles. The Morgan fingerprint density at radius 3 is 2.52 bits per heavy atom. The molecule has 2 aromatic rings. The topological polar surface area (TPSA) is 84.5 Å². The number of hydrogen-bond donors (Lipinski definition) is 2. The molecule has 1 fully saturated rings.